The first kappa shape index (κ1) is 13.4. The van der Waals surface area contributed by atoms with E-state index >= 15 is 0 Å². The molecule has 1 aromatic rings. The van der Waals surface area contributed by atoms with Gasteiger partial charge >= 0.3 is 0 Å². The van der Waals surface area contributed by atoms with Gasteiger partial charge in [-0.15, -0.1) is 5.92 Å². The molecule has 1 fully saturated rings. The Morgan fingerprint density at radius 2 is 1.78 bits per heavy atom. The Morgan fingerprint density at radius 3 is 2.28 bits per heavy atom. The summed E-state index contributed by atoms with van der Waals surface area (Å²) in [7, 11) is -1.37. The predicted octanol–water partition coefficient (Wildman–Crippen LogP) is 3.81. The second kappa shape index (κ2) is 5.30. The minimum absolute atomic E-state index is 0.0594. The van der Waals surface area contributed by atoms with Crippen molar-refractivity contribution in [3.8, 4) is 11.8 Å². The van der Waals surface area contributed by atoms with Crippen molar-refractivity contribution in [3.63, 3.8) is 0 Å². The molecule has 18 heavy (non-hydrogen) atoms. The third kappa shape index (κ3) is 3.47. The van der Waals surface area contributed by atoms with Crippen molar-refractivity contribution >= 4 is 8.07 Å². The first-order chi connectivity index (χ1) is 8.48. The highest BCUT2D eigenvalue weighted by atomic mass is 28.3. The molecule has 2 N–H and O–H groups in total. The van der Waals surface area contributed by atoms with Crippen LogP contribution in [0.1, 0.15) is 24.4 Å². The van der Waals surface area contributed by atoms with E-state index in [1.165, 1.54) is 18.4 Å². The van der Waals surface area contributed by atoms with Gasteiger partial charge in [0.15, 0.2) is 0 Å². The largest absolute Gasteiger partial charge is 0.323 e. The highest BCUT2D eigenvalue weighted by molar-refractivity contribution is 6.78. The second-order valence-electron chi connectivity index (χ2n) is 6.34. The van der Waals surface area contributed by atoms with Crippen molar-refractivity contribution in [3.05, 3.63) is 35.9 Å². The monoisotopic (exact) mass is 257 g/mol. The van der Waals surface area contributed by atoms with E-state index in [9.17, 15) is 0 Å². The van der Waals surface area contributed by atoms with Crippen LogP contribution in [-0.2, 0) is 0 Å². The van der Waals surface area contributed by atoms with Crippen molar-refractivity contribution in [2.45, 2.75) is 44.1 Å². The molecule has 0 radical (unpaired) electrons. The first-order valence-electron chi connectivity index (χ1n) is 6.80. The Labute approximate surface area is 112 Å². The molecule has 0 aromatic heterocycles. The zero-order valence-corrected chi connectivity index (χ0v) is 12.6. The van der Waals surface area contributed by atoms with E-state index in [-0.39, 0.29) is 6.04 Å². The molecule has 2 heteroatoms. The Balaban J connectivity index is 2.21. The molecule has 1 aliphatic rings. The fraction of sp³-hybridized carbons (Fsp3) is 0.500. The van der Waals surface area contributed by atoms with Gasteiger partial charge < -0.3 is 5.73 Å². The molecule has 96 valence electrons. The summed E-state index contributed by atoms with van der Waals surface area (Å²) < 4.78 is 0. The average molecular weight is 257 g/mol. The van der Waals surface area contributed by atoms with Crippen LogP contribution in [0.15, 0.2) is 30.3 Å². The molecular weight excluding hydrogens is 234 g/mol. The number of rotatable bonds is 3. The van der Waals surface area contributed by atoms with E-state index < -0.39 is 8.07 Å². The molecule has 1 saturated carbocycles. The first-order valence-corrected chi connectivity index (χ1v) is 10.4. The van der Waals surface area contributed by atoms with E-state index in [2.05, 4.69) is 55.7 Å². The van der Waals surface area contributed by atoms with E-state index in [0.717, 1.165) is 0 Å². The maximum Gasteiger partial charge on any atom is 0.0637 e. The molecule has 1 aliphatic carbocycles. The molecule has 0 amide bonds. The summed E-state index contributed by atoms with van der Waals surface area (Å²) in [6.07, 6.45) is 2.57. The Bertz CT molecular complexity index is 445. The summed E-state index contributed by atoms with van der Waals surface area (Å²) in [4.78, 5) is 0. The van der Waals surface area contributed by atoms with E-state index in [0.29, 0.717) is 11.5 Å². The van der Waals surface area contributed by atoms with Crippen LogP contribution in [0.3, 0.4) is 0 Å². The van der Waals surface area contributed by atoms with Crippen LogP contribution in [0.5, 0.6) is 0 Å². The SMILES string of the molecule is C[Si](C)(C)[C@@H](C#CC1CC1)[C@@H](N)c1ccccc1. The lowest BCUT2D eigenvalue weighted by Crippen LogP contribution is -2.35. The van der Waals surface area contributed by atoms with Gasteiger partial charge in [-0.05, 0) is 18.4 Å². The van der Waals surface area contributed by atoms with Crippen LogP contribution in [0.2, 0.25) is 25.2 Å². The minimum atomic E-state index is -1.37. The lowest BCUT2D eigenvalue weighted by Gasteiger charge is -2.30. The summed E-state index contributed by atoms with van der Waals surface area (Å²) in [5.74, 6) is 7.58. The third-order valence-electron chi connectivity index (χ3n) is 3.50. The zero-order chi connectivity index (χ0) is 13.2. The predicted molar refractivity (Wildman–Crippen MR) is 81.0 cm³/mol. The zero-order valence-electron chi connectivity index (χ0n) is 11.6. The van der Waals surface area contributed by atoms with Crippen molar-refractivity contribution in [2.75, 3.05) is 0 Å². The molecule has 2 rings (SSSR count). The highest BCUT2D eigenvalue weighted by Gasteiger charge is 2.31. The normalized spacial score (nSPS) is 18.7. The van der Waals surface area contributed by atoms with E-state index in [1.807, 2.05) is 6.07 Å². The minimum Gasteiger partial charge on any atom is -0.323 e. The molecule has 1 nitrogen and oxygen atoms in total. The van der Waals surface area contributed by atoms with Gasteiger partial charge in [-0.25, -0.2) is 0 Å². The quantitative estimate of drug-likeness (QED) is 0.647. The molecule has 0 saturated heterocycles. The third-order valence-corrected chi connectivity index (χ3v) is 5.87. The van der Waals surface area contributed by atoms with Crippen LogP contribution >= 0.6 is 0 Å². The van der Waals surface area contributed by atoms with Crippen LogP contribution in [0.4, 0.5) is 0 Å². The number of benzene rings is 1. The number of nitrogens with two attached hydrogens (primary N) is 1. The van der Waals surface area contributed by atoms with Gasteiger partial charge in [0.05, 0.1) is 8.07 Å². The fourth-order valence-corrected chi connectivity index (χ4v) is 3.93. The maximum atomic E-state index is 6.46. The highest BCUT2D eigenvalue weighted by Crippen LogP contribution is 2.34. The molecule has 0 spiro atoms. The van der Waals surface area contributed by atoms with Gasteiger partial charge in [0, 0.05) is 17.5 Å². The van der Waals surface area contributed by atoms with Gasteiger partial charge in [-0.3, -0.25) is 0 Å². The molecule has 0 heterocycles. The van der Waals surface area contributed by atoms with Crippen molar-refractivity contribution in [1.29, 1.82) is 0 Å². The van der Waals surface area contributed by atoms with Crippen LogP contribution < -0.4 is 5.73 Å². The van der Waals surface area contributed by atoms with Crippen LogP contribution in [0.25, 0.3) is 0 Å². The maximum absolute atomic E-state index is 6.46. The molecule has 0 bridgehead atoms. The summed E-state index contributed by atoms with van der Waals surface area (Å²) in [6.45, 7) is 7.09. The molecule has 0 unspecified atom stereocenters. The van der Waals surface area contributed by atoms with Crippen LogP contribution in [0, 0.1) is 17.8 Å². The van der Waals surface area contributed by atoms with Crippen molar-refractivity contribution < 1.29 is 0 Å². The Kier molecular flexibility index (Phi) is 3.94. The summed E-state index contributed by atoms with van der Waals surface area (Å²) in [5, 5.41) is 0. The van der Waals surface area contributed by atoms with Crippen molar-refractivity contribution in [1.82, 2.24) is 0 Å². The second-order valence-corrected chi connectivity index (χ2v) is 11.7. The van der Waals surface area contributed by atoms with Gasteiger partial charge in [-0.2, -0.15) is 0 Å². The fourth-order valence-electron chi connectivity index (χ4n) is 2.15. The van der Waals surface area contributed by atoms with Gasteiger partial charge in [0.1, 0.15) is 0 Å². The van der Waals surface area contributed by atoms with Gasteiger partial charge in [-0.1, -0.05) is 55.9 Å². The standard InChI is InChI=1S/C16H23NSi/c1-18(2,3)15(12-11-13-9-10-13)16(17)14-7-5-4-6-8-14/h4-8,13,15-16H,9-10,17H2,1-3H3/t15-,16-/m0/s1. The van der Waals surface area contributed by atoms with Crippen LogP contribution in [-0.4, -0.2) is 8.07 Å². The topological polar surface area (TPSA) is 26.0 Å². The summed E-state index contributed by atoms with van der Waals surface area (Å²) >= 11 is 0. The number of hydrogen-bond donors (Lipinski definition) is 1. The average Bonchev–Trinajstić information content (AvgIpc) is 3.12. The van der Waals surface area contributed by atoms with E-state index in [1.54, 1.807) is 0 Å². The smallest absolute Gasteiger partial charge is 0.0637 e. The Morgan fingerprint density at radius 1 is 1.17 bits per heavy atom. The Hall–Kier alpha value is -1.04. The lowest BCUT2D eigenvalue weighted by molar-refractivity contribution is 0.731. The molecule has 1 aromatic carbocycles. The molecular formula is C16H23NSi. The van der Waals surface area contributed by atoms with E-state index in [4.69, 9.17) is 5.73 Å². The van der Waals surface area contributed by atoms with Gasteiger partial charge in [0.25, 0.3) is 0 Å². The van der Waals surface area contributed by atoms with Crippen molar-refractivity contribution in [2.24, 2.45) is 11.7 Å². The molecule has 0 aliphatic heterocycles. The summed E-state index contributed by atoms with van der Waals surface area (Å²) in [5.41, 5.74) is 8.03. The lowest BCUT2D eigenvalue weighted by atomic mass is 10.0. The number of hydrogen-bond acceptors (Lipinski definition) is 1. The van der Waals surface area contributed by atoms with Gasteiger partial charge in [0.2, 0.25) is 0 Å². The summed E-state index contributed by atoms with van der Waals surface area (Å²) in [6, 6.07) is 10.5. The molecule has 2 atom stereocenters.